The van der Waals surface area contributed by atoms with Gasteiger partial charge < -0.3 is 10.2 Å². The molecule has 1 aromatic carbocycles. The third-order valence-electron chi connectivity index (χ3n) is 9.49. The van der Waals surface area contributed by atoms with E-state index in [2.05, 4.69) is 24.1 Å². The first-order valence-corrected chi connectivity index (χ1v) is 14.6. The summed E-state index contributed by atoms with van der Waals surface area (Å²) in [6.07, 6.45) is 3.93. The minimum atomic E-state index is -2.66. The number of carbonyl (C=O) groups is 3. The zero-order valence-electron chi connectivity index (χ0n) is 23.8. The predicted molar refractivity (Wildman–Crippen MR) is 151 cm³/mol. The number of imide groups is 1. The number of carbonyl (C=O) groups excluding carboxylic acids is 3. The highest BCUT2D eigenvalue weighted by Crippen LogP contribution is 2.47. The fourth-order valence-corrected chi connectivity index (χ4v) is 7.45. The average Bonchev–Trinajstić information content (AvgIpc) is 3.23. The average molecular weight is 581 g/mol. The topological polar surface area (TPSA) is 73.0 Å². The second-order valence-electron chi connectivity index (χ2n) is 12.6. The van der Waals surface area contributed by atoms with Crippen LogP contribution in [0, 0.1) is 11.8 Å². The first-order chi connectivity index (χ1) is 18.5. The van der Waals surface area contributed by atoms with Gasteiger partial charge in [-0.1, -0.05) is 44.2 Å². The number of hydrogen-bond donors (Lipinski definition) is 1. The zero-order valence-corrected chi connectivity index (χ0v) is 24.6. The molecule has 0 radical (unpaired) electrons. The van der Waals surface area contributed by atoms with E-state index in [-0.39, 0.29) is 85.9 Å². The predicted octanol–water partition coefficient (Wildman–Crippen LogP) is 5.40. The third kappa shape index (κ3) is 5.87. The second kappa shape index (κ2) is 11.9. The van der Waals surface area contributed by atoms with Crippen LogP contribution in [0.1, 0.15) is 83.2 Å². The maximum Gasteiger partial charge on any atom is 0.327 e. The molecule has 2 unspecified atom stereocenters. The number of rotatable bonds is 8. The number of likely N-dealkylation sites (N-methyl/N-ethyl adjacent to an activating group) is 1. The zero-order chi connectivity index (χ0) is 27.9. The summed E-state index contributed by atoms with van der Waals surface area (Å²) in [5.41, 5.74) is 0.253. The molecule has 4 aliphatic rings. The number of urea groups is 1. The number of halogens is 3. The normalized spacial score (nSPS) is 29.2. The summed E-state index contributed by atoms with van der Waals surface area (Å²) >= 11 is 0. The molecule has 2 bridgehead atoms. The highest BCUT2D eigenvalue weighted by molar-refractivity contribution is 6.07. The largest absolute Gasteiger partial charge is 0.349 e. The molecule has 3 atom stereocenters. The Morgan fingerprint density at radius 2 is 1.62 bits per heavy atom. The fourth-order valence-electron chi connectivity index (χ4n) is 7.45. The molecule has 40 heavy (non-hydrogen) atoms. The minimum Gasteiger partial charge on any atom is -0.349 e. The van der Waals surface area contributed by atoms with Crippen molar-refractivity contribution in [2.24, 2.45) is 11.8 Å². The van der Waals surface area contributed by atoms with Crippen molar-refractivity contribution in [2.75, 3.05) is 20.1 Å². The monoisotopic (exact) mass is 580 g/mol. The van der Waals surface area contributed by atoms with Crippen molar-refractivity contribution in [2.45, 2.75) is 101 Å². The Kier molecular flexibility index (Phi) is 9.15. The Bertz CT molecular complexity index is 1060. The number of amides is 4. The molecule has 3 saturated heterocycles. The lowest BCUT2D eigenvalue weighted by Gasteiger charge is -2.47. The van der Waals surface area contributed by atoms with Crippen molar-refractivity contribution in [3.05, 3.63) is 35.9 Å². The molecule has 10 heteroatoms. The second-order valence-corrected chi connectivity index (χ2v) is 12.6. The van der Waals surface area contributed by atoms with Gasteiger partial charge in [0.05, 0.1) is 6.04 Å². The lowest BCUT2D eigenvalue weighted by molar-refractivity contribution is -0.137. The van der Waals surface area contributed by atoms with Gasteiger partial charge >= 0.3 is 6.03 Å². The first-order valence-electron chi connectivity index (χ1n) is 14.6. The van der Waals surface area contributed by atoms with Crippen LogP contribution in [0.3, 0.4) is 0 Å². The number of piperidine rings is 1. The van der Waals surface area contributed by atoms with E-state index in [9.17, 15) is 23.2 Å². The number of fused-ring (bicyclic) bond motifs is 2. The maximum absolute atomic E-state index is 13.7. The van der Waals surface area contributed by atoms with Gasteiger partial charge in [-0.3, -0.25) is 19.4 Å². The first kappa shape index (κ1) is 30.7. The molecule has 1 spiro atoms. The van der Waals surface area contributed by atoms with Crippen LogP contribution < -0.4 is 5.32 Å². The van der Waals surface area contributed by atoms with Crippen molar-refractivity contribution in [3.8, 4) is 0 Å². The van der Waals surface area contributed by atoms with E-state index >= 15 is 0 Å². The molecule has 4 amide bonds. The highest BCUT2D eigenvalue weighted by Gasteiger charge is 2.61. The smallest absolute Gasteiger partial charge is 0.327 e. The number of hydrogen-bond acceptors (Lipinski definition) is 4. The van der Waals surface area contributed by atoms with E-state index in [1.807, 2.05) is 35.2 Å². The SMILES string of the molecule is CC(C)CN1C(=O)N(C)C(=O)C12CC1CCC(C2)N1CC[C@H](NC(=O)C1CCC(F)(F)CC1)c1ccccc1.Cl. The van der Waals surface area contributed by atoms with Crippen molar-refractivity contribution >= 4 is 30.3 Å². The van der Waals surface area contributed by atoms with Crippen molar-refractivity contribution in [1.29, 1.82) is 0 Å². The summed E-state index contributed by atoms with van der Waals surface area (Å²) < 4.78 is 27.3. The highest BCUT2D eigenvalue weighted by atomic mass is 35.5. The summed E-state index contributed by atoms with van der Waals surface area (Å²) in [5, 5.41) is 3.19. The fraction of sp³-hybridized carbons (Fsp3) is 0.700. The maximum atomic E-state index is 13.7. The molecule has 1 N–H and O–H groups in total. The molecule has 4 fully saturated rings. The number of benzene rings is 1. The Morgan fingerprint density at radius 1 is 1.02 bits per heavy atom. The van der Waals surface area contributed by atoms with E-state index in [4.69, 9.17) is 0 Å². The van der Waals surface area contributed by atoms with Crippen molar-refractivity contribution < 1.29 is 23.2 Å². The molecule has 1 aromatic rings. The van der Waals surface area contributed by atoms with Crippen LogP contribution in [-0.2, 0) is 9.59 Å². The Hall–Kier alpha value is -2.26. The van der Waals surface area contributed by atoms with Gasteiger partial charge in [0, 0.05) is 51.0 Å². The van der Waals surface area contributed by atoms with Gasteiger partial charge in [0.25, 0.3) is 5.91 Å². The number of nitrogens with zero attached hydrogens (tertiary/aromatic N) is 3. The van der Waals surface area contributed by atoms with Crippen LogP contribution in [0.4, 0.5) is 13.6 Å². The van der Waals surface area contributed by atoms with Gasteiger partial charge in [0.2, 0.25) is 11.8 Å². The van der Waals surface area contributed by atoms with E-state index in [0.717, 1.165) is 24.9 Å². The van der Waals surface area contributed by atoms with E-state index < -0.39 is 11.5 Å². The third-order valence-corrected chi connectivity index (χ3v) is 9.49. The van der Waals surface area contributed by atoms with Gasteiger partial charge in [0.15, 0.2) is 0 Å². The van der Waals surface area contributed by atoms with Gasteiger partial charge in [-0.15, -0.1) is 12.4 Å². The van der Waals surface area contributed by atoms with E-state index in [1.54, 1.807) is 7.05 Å². The summed E-state index contributed by atoms with van der Waals surface area (Å²) in [6, 6.07) is 9.85. The molecule has 3 heterocycles. The standard InChI is InChI=1S/C30H42F2N4O3.ClH/c1-20(2)19-36-28(39)34(3)27(38)29(36)17-23-9-10-24(18-29)35(23)16-13-25(21-7-5-4-6-8-21)33-26(37)22-11-14-30(31,32)15-12-22;/h4-8,20,22-25H,9-19H2,1-3H3,(H,33,37);1H/t23?,24?,25-,29?;/m0./s1. The minimum absolute atomic E-state index is 0. The Balaban J connectivity index is 0.00000370. The molecule has 222 valence electrons. The Morgan fingerprint density at radius 3 is 2.20 bits per heavy atom. The molecule has 1 saturated carbocycles. The summed E-state index contributed by atoms with van der Waals surface area (Å²) in [5.74, 6) is -2.98. The molecular weight excluding hydrogens is 538 g/mol. The van der Waals surface area contributed by atoms with E-state index in [0.29, 0.717) is 25.8 Å². The van der Waals surface area contributed by atoms with Gasteiger partial charge in [-0.2, -0.15) is 0 Å². The molecule has 0 aromatic heterocycles. The molecular formula is C30H43ClF2N4O3. The van der Waals surface area contributed by atoms with Crippen LogP contribution >= 0.6 is 12.4 Å². The summed E-state index contributed by atoms with van der Waals surface area (Å²) in [7, 11) is 1.60. The van der Waals surface area contributed by atoms with Crippen LogP contribution in [0.25, 0.3) is 0 Å². The Labute approximate surface area is 242 Å². The molecule has 5 rings (SSSR count). The number of nitrogens with one attached hydrogen (secondary N) is 1. The van der Waals surface area contributed by atoms with E-state index in [1.165, 1.54) is 4.90 Å². The lowest BCUT2D eigenvalue weighted by atomic mass is 9.80. The molecule has 3 aliphatic heterocycles. The summed E-state index contributed by atoms with van der Waals surface area (Å²) in [6.45, 7) is 5.48. The van der Waals surface area contributed by atoms with Crippen LogP contribution in [0.15, 0.2) is 30.3 Å². The van der Waals surface area contributed by atoms with Gasteiger partial charge in [-0.25, -0.2) is 13.6 Å². The summed E-state index contributed by atoms with van der Waals surface area (Å²) in [4.78, 5) is 45.2. The lowest BCUT2D eigenvalue weighted by Crippen LogP contribution is -2.61. The number of alkyl halides is 2. The molecule has 7 nitrogen and oxygen atoms in total. The molecule has 1 aliphatic carbocycles. The van der Waals surface area contributed by atoms with Crippen molar-refractivity contribution in [1.82, 2.24) is 20.0 Å². The van der Waals surface area contributed by atoms with Crippen LogP contribution in [0.5, 0.6) is 0 Å². The van der Waals surface area contributed by atoms with Crippen molar-refractivity contribution in [3.63, 3.8) is 0 Å². The van der Waals surface area contributed by atoms with Gasteiger partial charge in [-0.05, 0) is 56.4 Å². The quantitative estimate of drug-likeness (QED) is 0.418. The van der Waals surface area contributed by atoms with Gasteiger partial charge in [0.1, 0.15) is 5.54 Å². The van der Waals surface area contributed by atoms with Crippen LogP contribution in [-0.4, -0.2) is 76.2 Å². The van der Waals surface area contributed by atoms with Crippen LogP contribution in [0.2, 0.25) is 0 Å².